The number of thioether (sulfide) groups is 1. The second-order valence-electron chi connectivity index (χ2n) is 6.36. The number of aryl methyl sites for hydroxylation is 1. The molecule has 0 bridgehead atoms. The lowest BCUT2D eigenvalue weighted by Crippen LogP contribution is -2.30. The number of nitrogens with zero attached hydrogens (tertiary/aromatic N) is 6. The maximum atomic E-state index is 12.7. The van der Waals surface area contributed by atoms with Crippen molar-refractivity contribution in [1.29, 1.82) is 0 Å². The highest BCUT2D eigenvalue weighted by Gasteiger charge is 2.26. The van der Waals surface area contributed by atoms with Crippen molar-refractivity contribution in [1.82, 2.24) is 20.2 Å². The van der Waals surface area contributed by atoms with Gasteiger partial charge >= 0.3 is 0 Å². The Kier molecular flexibility index (Phi) is 4.78. The molecule has 0 radical (unpaired) electrons. The first kappa shape index (κ1) is 18.1. The van der Waals surface area contributed by atoms with E-state index >= 15 is 0 Å². The minimum atomic E-state index is -0.425. The Morgan fingerprint density at radius 3 is 2.79 bits per heavy atom. The molecule has 9 nitrogen and oxygen atoms in total. The molecule has 28 heavy (non-hydrogen) atoms. The molecule has 0 unspecified atom stereocenters. The van der Waals surface area contributed by atoms with E-state index in [0.717, 1.165) is 22.5 Å². The molecule has 0 N–H and O–H groups in total. The molecule has 0 fully saturated rings. The average Bonchev–Trinajstić information content (AvgIpc) is 3.33. The number of nitro groups is 1. The lowest BCUT2D eigenvalue weighted by atomic mass is 10.1. The van der Waals surface area contributed by atoms with Crippen molar-refractivity contribution in [3.05, 3.63) is 63.7 Å². The molecule has 0 saturated heterocycles. The van der Waals surface area contributed by atoms with E-state index in [1.165, 1.54) is 23.9 Å². The maximum absolute atomic E-state index is 12.7. The number of rotatable bonds is 5. The van der Waals surface area contributed by atoms with E-state index in [1.807, 2.05) is 31.2 Å². The third-order valence-electron chi connectivity index (χ3n) is 4.51. The number of carbonyl (C=O) groups excluding carboxylic acids is 1. The monoisotopic (exact) mass is 396 g/mol. The molecule has 2 aromatic carbocycles. The summed E-state index contributed by atoms with van der Waals surface area (Å²) in [5.41, 5.74) is 3.55. The molecule has 1 aliphatic rings. The molecular weight excluding hydrogens is 380 g/mol. The van der Waals surface area contributed by atoms with Crippen molar-refractivity contribution in [2.75, 3.05) is 17.2 Å². The van der Waals surface area contributed by atoms with Crippen LogP contribution in [0.1, 0.15) is 11.1 Å². The van der Waals surface area contributed by atoms with Crippen LogP contribution in [0.15, 0.2) is 47.6 Å². The number of amides is 1. The minimum absolute atomic E-state index is 0.0414. The van der Waals surface area contributed by atoms with Crippen molar-refractivity contribution in [2.45, 2.75) is 18.5 Å². The maximum Gasteiger partial charge on any atom is 0.269 e. The largest absolute Gasteiger partial charge is 0.311 e. The summed E-state index contributed by atoms with van der Waals surface area (Å²) in [6.07, 6.45) is 0.606. The first-order valence-corrected chi connectivity index (χ1v) is 9.57. The number of aromatic nitrogens is 4. The number of hydrogen-bond acceptors (Lipinski definition) is 7. The van der Waals surface area contributed by atoms with Crippen molar-refractivity contribution in [2.24, 2.45) is 0 Å². The van der Waals surface area contributed by atoms with Crippen LogP contribution in [0.2, 0.25) is 0 Å². The number of benzene rings is 2. The van der Waals surface area contributed by atoms with E-state index in [1.54, 1.807) is 15.6 Å². The summed E-state index contributed by atoms with van der Waals surface area (Å²) in [4.78, 5) is 24.9. The predicted octanol–water partition coefficient (Wildman–Crippen LogP) is 2.56. The minimum Gasteiger partial charge on any atom is -0.311 e. The lowest BCUT2D eigenvalue weighted by Gasteiger charge is -2.16. The van der Waals surface area contributed by atoms with Crippen LogP contribution in [0.25, 0.3) is 5.69 Å². The lowest BCUT2D eigenvalue weighted by molar-refractivity contribution is -0.384. The highest BCUT2D eigenvalue weighted by Crippen LogP contribution is 2.32. The number of non-ortho nitro benzene ring substituents is 1. The summed E-state index contributed by atoms with van der Waals surface area (Å²) in [5.74, 6) is 0.0823. The summed E-state index contributed by atoms with van der Waals surface area (Å²) in [7, 11) is 0. The topological polar surface area (TPSA) is 107 Å². The molecule has 142 valence electrons. The van der Waals surface area contributed by atoms with Crippen molar-refractivity contribution in [3.8, 4) is 5.69 Å². The van der Waals surface area contributed by atoms with Gasteiger partial charge in [0.1, 0.15) is 0 Å². The van der Waals surface area contributed by atoms with Gasteiger partial charge in [-0.1, -0.05) is 29.5 Å². The van der Waals surface area contributed by atoms with Crippen molar-refractivity contribution >= 4 is 29.0 Å². The Morgan fingerprint density at radius 1 is 1.25 bits per heavy atom. The first-order chi connectivity index (χ1) is 13.5. The Morgan fingerprint density at radius 2 is 2.04 bits per heavy atom. The standard InChI is InChI=1S/C18H16N6O3S/c1-12-2-4-14(5-3-12)23-18(19-20-21-23)28-11-17(25)22-9-8-13-10-15(24(26)27)6-7-16(13)22/h2-7,10H,8-9,11H2,1H3. The van der Waals surface area contributed by atoms with Crippen molar-refractivity contribution in [3.63, 3.8) is 0 Å². The molecule has 2 heterocycles. The molecule has 10 heteroatoms. The molecule has 3 aromatic rings. The third kappa shape index (κ3) is 3.46. The predicted molar refractivity (Wildman–Crippen MR) is 104 cm³/mol. The van der Waals surface area contributed by atoms with Gasteiger partial charge in [-0.3, -0.25) is 14.9 Å². The summed E-state index contributed by atoms with van der Waals surface area (Å²) < 4.78 is 1.60. The third-order valence-corrected chi connectivity index (χ3v) is 5.42. The molecule has 0 aliphatic carbocycles. The Labute approximate surface area is 164 Å². The fraction of sp³-hybridized carbons (Fsp3) is 0.222. The van der Waals surface area contributed by atoms with Crippen LogP contribution in [-0.4, -0.2) is 43.3 Å². The molecule has 0 atom stereocenters. The van der Waals surface area contributed by atoms with E-state index < -0.39 is 4.92 Å². The van der Waals surface area contributed by atoms with E-state index in [4.69, 9.17) is 0 Å². The van der Waals surface area contributed by atoms with Crippen molar-refractivity contribution < 1.29 is 9.72 Å². The van der Waals surface area contributed by atoms with Crippen LogP contribution in [0.3, 0.4) is 0 Å². The SMILES string of the molecule is Cc1ccc(-n2nnnc2SCC(=O)N2CCc3cc([N+](=O)[O-])ccc32)cc1. The molecule has 0 saturated carbocycles. The van der Waals surface area contributed by atoms with Gasteiger partial charge in [-0.2, -0.15) is 4.68 Å². The smallest absolute Gasteiger partial charge is 0.269 e. The zero-order chi connectivity index (χ0) is 19.7. The van der Waals surface area contributed by atoms with E-state index in [-0.39, 0.29) is 17.3 Å². The summed E-state index contributed by atoms with van der Waals surface area (Å²) in [5, 5.41) is 23.2. The van der Waals surface area contributed by atoms with Crippen LogP contribution < -0.4 is 4.90 Å². The second-order valence-corrected chi connectivity index (χ2v) is 7.31. The number of anilines is 1. The number of fused-ring (bicyclic) bond motifs is 1. The summed E-state index contributed by atoms with van der Waals surface area (Å²) >= 11 is 1.26. The number of hydrogen-bond donors (Lipinski definition) is 0. The molecule has 1 amide bonds. The molecule has 0 spiro atoms. The molecule has 4 rings (SSSR count). The number of carbonyl (C=O) groups is 1. The van der Waals surface area contributed by atoms with Gasteiger partial charge < -0.3 is 4.90 Å². The average molecular weight is 396 g/mol. The van der Waals surface area contributed by atoms with Gasteiger partial charge in [0.2, 0.25) is 11.1 Å². The fourth-order valence-electron chi connectivity index (χ4n) is 3.08. The van der Waals surface area contributed by atoms with Gasteiger partial charge in [0.25, 0.3) is 5.69 Å². The van der Waals surface area contributed by atoms with E-state index in [9.17, 15) is 14.9 Å². The van der Waals surface area contributed by atoms with Crippen LogP contribution in [0, 0.1) is 17.0 Å². The van der Waals surface area contributed by atoms with E-state index in [2.05, 4.69) is 15.5 Å². The number of tetrazole rings is 1. The quantitative estimate of drug-likeness (QED) is 0.370. The zero-order valence-corrected chi connectivity index (χ0v) is 15.8. The van der Waals surface area contributed by atoms with Gasteiger partial charge in [0.15, 0.2) is 0 Å². The van der Waals surface area contributed by atoms with Gasteiger partial charge in [0, 0.05) is 24.4 Å². The molecular formula is C18H16N6O3S. The highest BCUT2D eigenvalue weighted by atomic mass is 32.2. The Balaban J connectivity index is 1.46. The van der Waals surface area contributed by atoms with Crippen LogP contribution in [0.5, 0.6) is 0 Å². The van der Waals surface area contributed by atoms with Crippen LogP contribution in [0.4, 0.5) is 11.4 Å². The number of nitro benzene ring substituents is 1. The van der Waals surface area contributed by atoms with Gasteiger partial charge in [-0.05, 0) is 47.5 Å². The highest BCUT2D eigenvalue weighted by molar-refractivity contribution is 7.99. The normalized spacial score (nSPS) is 12.8. The molecule has 1 aliphatic heterocycles. The van der Waals surface area contributed by atoms with Gasteiger partial charge in [-0.25, -0.2) is 0 Å². The summed E-state index contributed by atoms with van der Waals surface area (Å²) in [6.45, 7) is 2.51. The zero-order valence-electron chi connectivity index (χ0n) is 15.0. The molecule has 1 aromatic heterocycles. The summed E-state index contributed by atoms with van der Waals surface area (Å²) in [6, 6.07) is 12.4. The Bertz CT molecular complexity index is 1050. The van der Waals surface area contributed by atoms with Crippen LogP contribution >= 0.6 is 11.8 Å². The van der Waals surface area contributed by atoms with Crippen LogP contribution in [-0.2, 0) is 11.2 Å². The van der Waals surface area contributed by atoms with Gasteiger partial charge in [-0.15, -0.1) is 5.10 Å². The first-order valence-electron chi connectivity index (χ1n) is 8.59. The fourth-order valence-corrected chi connectivity index (χ4v) is 3.85. The van der Waals surface area contributed by atoms with E-state index in [0.29, 0.717) is 18.1 Å². The second kappa shape index (κ2) is 7.39. The Hall–Kier alpha value is -3.27. The van der Waals surface area contributed by atoms with Gasteiger partial charge in [0.05, 0.1) is 16.4 Å².